The van der Waals surface area contributed by atoms with Crippen molar-refractivity contribution in [2.24, 2.45) is 4.99 Å². The smallest absolute Gasteiger partial charge is 0.305 e. The first kappa shape index (κ1) is 14.5. The monoisotopic (exact) mass is 271 g/mol. The van der Waals surface area contributed by atoms with Crippen molar-refractivity contribution in [3.8, 4) is 0 Å². The molecule has 0 fully saturated rings. The van der Waals surface area contributed by atoms with Crippen molar-refractivity contribution in [1.29, 1.82) is 0 Å². The predicted molar refractivity (Wildman–Crippen MR) is 81.8 cm³/mol. The number of ether oxygens (including phenoxy) is 1. The molecule has 0 radical (unpaired) electrons. The van der Waals surface area contributed by atoms with Crippen molar-refractivity contribution in [1.82, 2.24) is 0 Å². The molecule has 1 aromatic rings. The second-order valence-corrected chi connectivity index (χ2v) is 4.82. The molecule has 0 aromatic heterocycles. The van der Waals surface area contributed by atoms with Crippen LogP contribution in [0.15, 0.2) is 40.9 Å². The number of esters is 1. The lowest BCUT2D eigenvalue weighted by Gasteiger charge is -2.05. The fourth-order valence-electron chi connectivity index (χ4n) is 2.34. The van der Waals surface area contributed by atoms with Gasteiger partial charge >= 0.3 is 5.97 Å². The van der Waals surface area contributed by atoms with E-state index >= 15 is 0 Å². The quantitative estimate of drug-likeness (QED) is 0.741. The Kier molecular flexibility index (Phi) is 5.54. The molecular weight excluding hydrogens is 250 g/mol. The van der Waals surface area contributed by atoms with Crippen LogP contribution in [0, 0.1) is 0 Å². The Morgan fingerprint density at radius 2 is 2.15 bits per heavy atom. The number of aliphatic imine (C=N–C) groups is 1. The van der Waals surface area contributed by atoms with Gasteiger partial charge in [-0.1, -0.05) is 30.3 Å². The summed E-state index contributed by atoms with van der Waals surface area (Å²) in [6.07, 6.45) is 5.35. The summed E-state index contributed by atoms with van der Waals surface area (Å²) in [4.78, 5) is 15.9. The molecule has 3 heteroatoms. The van der Waals surface area contributed by atoms with Crippen molar-refractivity contribution in [3.05, 3.63) is 41.5 Å². The van der Waals surface area contributed by atoms with Crippen LogP contribution < -0.4 is 0 Å². The molecule has 1 aromatic carbocycles. The van der Waals surface area contributed by atoms with Gasteiger partial charge in [-0.05, 0) is 43.4 Å². The summed E-state index contributed by atoms with van der Waals surface area (Å²) in [5.74, 6) is -0.111. The Balaban J connectivity index is 1.88. The number of carbonyl (C=O) groups is 1. The fraction of sp³-hybridized carbons (Fsp3) is 0.412. The normalized spacial score (nSPS) is 16.2. The van der Waals surface area contributed by atoms with Gasteiger partial charge in [0.05, 0.1) is 6.61 Å². The number of nitrogens with zero attached hydrogens (tertiary/aromatic N) is 1. The van der Waals surface area contributed by atoms with E-state index in [0.717, 1.165) is 31.5 Å². The van der Waals surface area contributed by atoms with Crippen molar-refractivity contribution < 1.29 is 9.53 Å². The molecule has 3 nitrogen and oxygen atoms in total. The molecule has 106 valence electrons. The number of benzene rings is 1. The molecule has 0 atom stereocenters. The standard InChI is InChI=1S/C17H21NO2/c1-2-20-17(19)10-6-9-16-15(11-12-18-16)13-14-7-4-3-5-8-14/h3-5,7-8,13H,2,6,9-12H2,1H3/b15-13+. The van der Waals surface area contributed by atoms with Crippen LogP contribution in [-0.2, 0) is 9.53 Å². The number of rotatable bonds is 6. The summed E-state index contributed by atoms with van der Waals surface area (Å²) in [7, 11) is 0. The van der Waals surface area contributed by atoms with Crippen LogP contribution in [0.4, 0.5) is 0 Å². The highest BCUT2D eigenvalue weighted by atomic mass is 16.5. The lowest BCUT2D eigenvalue weighted by Crippen LogP contribution is -2.05. The summed E-state index contributed by atoms with van der Waals surface area (Å²) >= 11 is 0. The first-order chi connectivity index (χ1) is 9.79. The minimum Gasteiger partial charge on any atom is -0.466 e. The minimum absolute atomic E-state index is 0.111. The zero-order chi connectivity index (χ0) is 14.2. The van der Waals surface area contributed by atoms with Crippen LogP contribution >= 0.6 is 0 Å². The molecule has 0 bridgehead atoms. The summed E-state index contributed by atoms with van der Waals surface area (Å²) in [5.41, 5.74) is 3.67. The Morgan fingerprint density at radius 3 is 2.90 bits per heavy atom. The van der Waals surface area contributed by atoms with Gasteiger partial charge in [-0.15, -0.1) is 0 Å². The maximum Gasteiger partial charge on any atom is 0.305 e. The first-order valence-corrected chi connectivity index (χ1v) is 7.24. The summed E-state index contributed by atoms with van der Waals surface area (Å²) in [6.45, 7) is 3.16. The van der Waals surface area contributed by atoms with E-state index in [4.69, 9.17) is 4.74 Å². The van der Waals surface area contributed by atoms with Gasteiger partial charge in [0.1, 0.15) is 0 Å². The zero-order valence-electron chi connectivity index (χ0n) is 12.0. The molecule has 0 saturated carbocycles. The Hall–Kier alpha value is -1.90. The first-order valence-electron chi connectivity index (χ1n) is 7.24. The van der Waals surface area contributed by atoms with Crippen molar-refractivity contribution in [3.63, 3.8) is 0 Å². The van der Waals surface area contributed by atoms with Crippen molar-refractivity contribution in [2.75, 3.05) is 13.2 Å². The van der Waals surface area contributed by atoms with Crippen LogP contribution in [0.5, 0.6) is 0 Å². The van der Waals surface area contributed by atoms with E-state index in [0.29, 0.717) is 13.0 Å². The summed E-state index contributed by atoms with van der Waals surface area (Å²) in [6, 6.07) is 10.3. The largest absolute Gasteiger partial charge is 0.466 e. The van der Waals surface area contributed by atoms with Crippen LogP contribution in [0.3, 0.4) is 0 Å². The van der Waals surface area contributed by atoms with Gasteiger partial charge < -0.3 is 4.74 Å². The van der Waals surface area contributed by atoms with Gasteiger partial charge in [0.25, 0.3) is 0 Å². The van der Waals surface area contributed by atoms with E-state index in [1.54, 1.807) is 0 Å². The predicted octanol–water partition coefficient (Wildman–Crippen LogP) is 3.65. The van der Waals surface area contributed by atoms with Gasteiger partial charge in [0.2, 0.25) is 0 Å². The van der Waals surface area contributed by atoms with Crippen LogP contribution in [-0.4, -0.2) is 24.8 Å². The van der Waals surface area contributed by atoms with Crippen LogP contribution in [0.2, 0.25) is 0 Å². The third kappa shape index (κ3) is 4.34. The average Bonchev–Trinajstić information content (AvgIpc) is 2.88. The Labute approximate surface area is 120 Å². The van der Waals surface area contributed by atoms with E-state index < -0.39 is 0 Å². The maximum atomic E-state index is 11.3. The summed E-state index contributed by atoms with van der Waals surface area (Å²) in [5, 5.41) is 0. The van der Waals surface area contributed by atoms with Gasteiger partial charge in [-0.3, -0.25) is 9.79 Å². The van der Waals surface area contributed by atoms with Crippen molar-refractivity contribution in [2.45, 2.75) is 32.6 Å². The molecule has 2 rings (SSSR count). The average molecular weight is 271 g/mol. The molecule has 0 unspecified atom stereocenters. The van der Waals surface area contributed by atoms with E-state index in [1.807, 2.05) is 25.1 Å². The third-order valence-corrected chi connectivity index (χ3v) is 3.29. The molecule has 1 aliphatic heterocycles. The molecule has 0 saturated heterocycles. The molecule has 0 amide bonds. The summed E-state index contributed by atoms with van der Waals surface area (Å²) < 4.78 is 4.94. The van der Waals surface area contributed by atoms with E-state index in [-0.39, 0.29) is 5.97 Å². The van der Waals surface area contributed by atoms with E-state index in [1.165, 1.54) is 11.1 Å². The molecule has 0 spiro atoms. The van der Waals surface area contributed by atoms with Gasteiger partial charge in [0.15, 0.2) is 0 Å². The lowest BCUT2D eigenvalue weighted by atomic mass is 10.0. The molecular formula is C17H21NO2. The molecule has 1 heterocycles. The van der Waals surface area contributed by atoms with Crippen molar-refractivity contribution >= 4 is 17.8 Å². The second-order valence-electron chi connectivity index (χ2n) is 4.82. The highest BCUT2D eigenvalue weighted by Crippen LogP contribution is 2.20. The number of hydrogen-bond donors (Lipinski definition) is 0. The molecule has 1 aliphatic rings. The lowest BCUT2D eigenvalue weighted by molar-refractivity contribution is -0.143. The van der Waals surface area contributed by atoms with Gasteiger partial charge in [-0.2, -0.15) is 0 Å². The second kappa shape index (κ2) is 7.63. The van der Waals surface area contributed by atoms with Crippen LogP contribution in [0.25, 0.3) is 6.08 Å². The molecule has 0 aliphatic carbocycles. The van der Waals surface area contributed by atoms with Crippen LogP contribution in [0.1, 0.15) is 38.2 Å². The maximum absolute atomic E-state index is 11.3. The SMILES string of the molecule is CCOC(=O)CCCC1=NCC/C1=C\c1ccccc1. The highest BCUT2D eigenvalue weighted by Gasteiger charge is 2.13. The number of carbonyl (C=O) groups excluding carboxylic acids is 1. The third-order valence-electron chi connectivity index (χ3n) is 3.29. The van der Waals surface area contributed by atoms with E-state index in [2.05, 4.69) is 23.2 Å². The highest BCUT2D eigenvalue weighted by molar-refractivity contribution is 6.05. The molecule has 20 heavy (non-hydrogen) atoms. The van der Waals surface area contributed by atoms with Gasteiger partial charge in [0, 0.05) is 18.7 Å². The van der Waals surface area contributed by atoms with E-state index in [9.17, 15) is 4.79 Å². The fourth-order valence-corrected chi connectivity index (χ4v) is 2.34. The number of hydrogen-bond acceptors (Lipinski definition) is 3. The Bertz CT molecular complexity index is 503. The minimum atomic E-state index is -0.111. The Morgan fingerprint density at radius 1 is 1.35 bits per heavy atom. The topological polar surface area (TPSA) is 38.7 Å². The van der Waals surface area contributed by atoms with Gasteiger partial charge in [-0.25, -0.2) is 0 Å². The molecule has 0 N–H and O–H groups in total. The zero-order valence-corrected chi connectivity index (χ0v) is 12.0.